The Morgan fingerprint density at radius 2 is 1.77 bits per heavy atom. The van der Waals surface area contributed by atoms with Gasteiger partial charge in [0.25, 0.3) is 0 Å². The SMILES string of the molecule is CC1=CC(OCc2ccc(F)cc2F)=C(Br)CN1c1c(C)cccc1C. The molecule has 2 nitrogen and oxygen atoms in total. The summed E-state index contributed by atoms with van der Waals surface area (Å²) in [5.41, 5.74) is 4.95. The van der Waals surface area contributed by atoms with Gasteiger partial charge in [-0.15, -0.1) is 0 Å². The van der Waals surface area contributed by atoms with E-state index < -0.39 is 11.6 Å². The Bertz CT molecular complexity index is 885. The van der Waals surface area contributed by atoms with Crippen molar-refractivity contribution in [3.8, 4) is 0 Å². The summed E-state index contributed by atoms with van der Waals surface area (Å²) in [6.07, 6.45) is 1.93. The van der Waals surface area contributed by atoms with Gasteiger partial charge in [-0.25, -0.2) is 8.78 Å². The molecule has 1 aliphatic rings. The number of halogens is 3. The van der Waals surface area contributed by atoms with Gasteiger partial charge >= 0.3 is 0 Å². The van der Waals surface area contributed by atoms with Gasteiger partial charge in [0.15, 0.2) is 0 Å². The van der Waals surface area contributed by atoms with Gasteiger partial charge in [-0.1, -0.05) is 18.2 Å². The lowest BCUT2D eigenvalue weighted by Gasteiger charge is -2.32. The molecule has 0 fully saturated rings. The molecule has 0 spiro atoms. The number of ether oxygens (including phenoxy) is 1. The molecule has 26 heavy (non-hydrogen) atoms. The Hall–Kier alpha value is -2.14. The molecule has 0 radical (unpaired) electrons. The van der Waals surface area contributed by atoms with E-state index in [4.69, 9.17) is 4.74 Å². The van der Waals surface area contributed by atoms with Gasteiger partial charge in [-0.3, -0.25) is 0 Å². The van der Waals surface area contributed by atoms with Crippen molar-refractivity contribution in [3.63, 3.8) is 0 Å². The Balaban J connectivity index is 1.79. The minimum atomic E-state index is -0.601. The summed E-state index contributed by atoms with van der Waals surface area (Å²) >= 11 is 3.59. The highest BCUT2D eigenvalue weighted by Gasteiger charge is 2.21. The van der Waals surface area contributed by atoms with Gasteiger partial charge in [-0.05, 0) is 60.0 Å². The third-order valence-electron chi connectivity index (χ3n) is 4.44. The largest absolute Gasteiger partial charge is 0.488 e. The van der Waals surface area contributed by atoms with Crippen molar-refractivity contribution in [2.75, 3.05) is 11.4 Å². The van der Waals surface area contributed by atoms with Crippen LogP contribution in [0.25, 0.3) is 0 Å². The van der Waals surface area contributed by atoms with Crippen molar-refractivity contribution in [2.45, 2.75) is 27.4 Å². The third-order valence-corrected chi connectivity index (χ3v) is 5.08. The first-order valence-corrected chi connectivity index (χ1v) is 9.13. The average molecular weight is 420 g/mol. The van der Waals surface area contributed by atoms with Crippen LogP contribution in [0.15, 0.2) is 58.4 Å². The van der Waals surface area contributed by atoms with Crippen molar-refractivity contribution in [2.24, 2.45) is 0 Å². The van der Waals surface area contributed by atoms with Crippen molar-refractivity contribution in [3.05, 3.63) is 86.7 Å². The van der Waals surface area contributed by atoms with Crippen molar-refractivity contribution in [1.29, 1.82) is 0 Å². The van der Waals surface area contributed by atoms with Crippen LogP contribution in [0.5, 0.6) is 0 Å². The predicted molar refractivity (Wildman–Crippen MR) is 104 cm³/mol. The molecule has 0 aliphatic carbocycles. The first-order valence-electron chi connectivity index (χ1n) is 8.34. The fraction of sp³-hybridized carbons (Fsp3) is 0.238. The summed E-state index contributed by atoms with van der Waals surface area (Å²) in [4.78, 5) is 2.22. The Kier molecular flexibility index (Phi) is 5.47. The van der Waals surface area contributed by atoms with Crippen LogP contribution in [0.4, 0.5) is 14.5 Å². The van der Waals surface area contributed by atoms with E-state index in [0.29, 0.717) is 17.9 Å². The Morgan fingerprint density at radius 3 is 2.42 bits per heavy atom. The molecule has 1 heterocycles. The molecule has 0 amide bonds. The van der Waals surface area contributed by atoms with E-state index in [-0.39, 0.29) is 6.61 Å². The normalized spacial score (nSPS) is 14.5. The predicted octanol–water partition coefficient (Wildman–Crippen LogP) is 6.13. The van der Waals surface area contributed by atoms with E-state index in [9.17, 15) is 8.78 Å². The number of allylic oxidation sites excluding steroid dienone is 2. The molecule has 2 aromatic rings. The maximum absolute atomic E-state index is 13.8. The van der Waals surface area contributed by atoms with E-state index in [0.717, 1.165) is 16.2 Å². The maximum atomic E-state index is 13.8. The van der Waals surface area contributed by atoms with Gasteiger partial charge in [0.1, 0.15) is 24.0 Å². The lowest BCUT2D eigenvalue weighted by Crippen LogP contribution is -2.27. The van der Waals surface area contributed by atoms with Crippen LogP contribution < -0.4 is 4.90 Å². The Labute approximate surface area is 160 Å². The molecule has 5 heteroatoms. The zero-order valence-electron chi connectivity index (χ0n) is 14.9. The minimum Gasteiger partial charge on any atom is -0.488 e. The number of hydrogen-bond acceptors (Lipinski definition) is 2. The molecule has 0 saturated carbocycles. The lowest BCUT2D eigenvalue weighted by atomic mass is 10.1. The summed E-state index contributed by atoms with van der Waals surface area (Å²) in [7, 11) is 0. The van der Waals surface area contributed by atoms with Crippen LogP contribution in [0, 0.1) is 25.5 Å². The summed E-state index contributed by atoms with van der Waals surface area (Å²) in [5, 5.41) is 0. The molecular formula is C21H20BrF2NO. The molecule has 0 bridgehead atoms. The molecule has 3 rings (SSSR count). The third kappa shape index (κ3) is 3.83. The van der Waals surface area contributed by atoms with E-state index in [2.05, 4.69) is 46.8 Å². The van der Waals surface area contributed by atoms with Gasteiger partial charge in [-0.2, -0.15) is 0 Å². The zero-order chi connectivity index (χ0) is 18.8. The minimum absolute atomic E-state index is 0.0454. The zero-order valence-corrected chi connectivity index (χ0v) is 16.5. The number of aryl methyl sites for hydroxylation is 2. The summed E-state index contributed by atoms with van der Waals surface area (Å²) < 4.78 is 33.5. The van der Waals surface area contributed by atoms with Crippen LogP contribution in [0.2, 0.25) is 0 Å². The van der Waals surface area contributed by atoms with Crippen LogP contribution in [0.1, 0.15) is 23.6 Å². The number of rotatable bonds is 4. The number of hydrogen-bond donors (Lipinski definition) is 0. The molecule has 0 aromatic heterocycles. The molecule has 136 valence electrons. The number of nitrogens with zero attached hydrogens (tertiary/aromatic N) is 1. The highest BCUT2D eigenvalue weighted by molar-refractivity contribution is 9.11. The molecule has 0 N–H and O–H groups in total. The topological polar surface area (TPSA) is 12.5 Å². The average Bonchev–Trinajstić information content (AvgIpc) is 2.57. The number of anilines is 1. The summed E-state index contributed by atoms with van der Waals surface area (Å²) in [6.45, 7) is 6.89. The first-order chi connectivity index (χ1) is 12.4. The standard InChI is InChI=1S/C21H20BrF2NO/c1-13-5-4-6-14(2)21(13)25-11-18(22)20(9-15(25)3)26-12-16-7-8-17(23)10-19(16)24/h4-10H,11-12H2,1-3H3. The quantitative estimate of drug-likeness (QED) is 0.590. The first kappa shape index (κ1) is 18.6. The summed E-state index contributed by atoms with van der Waals surface area (Å²) in [6, 6.07) is 9.74. The highest BCUT2D eigenvalue weighted by Crippen LogP contribution is 2.34. The maximum Gasteiger partial charge on any atom is 0.133 e. The summed E-state index contributed by atoms with van der Waals surface area (Å²) in [5.74, 6) is -0.534. The fourth-order valence-corrected chi connectivity index (χ4v) is 3.57. The fourth-order valence-electron chi connectivity index (χ4n) is 3.09. The van der Waals surface area contributed by atoms with Crippen LogP contribution in [0.3, 0.4) is 0 Å². The second kappa shape index (κ2) is 7.62. The highest BCUT2D eigenvalue weighted by atomic mass is 79.9. The monoisotopic (exact) mass is 419 g/mol. The van der Waals surface area contributed by atoms with Crippen LogP contribution >= 0.6 is 15.9 Å². The smallest absolute Gasteiger partial charge is 0.133 e. The van der Waals surface area contributed by atoms with Crippen molar-refractivity contribution >= 4 is 21.6 Å². The van der Waals surface area contributed by atoms with Gasteiger partial charge in [0.2, 0.25) is 0 Å². The lowest BCUT2D eigenvalue weighted by molar-refractivity contribution is 0.204. The second-order valence-electron chi connectivity index (χ2n) is 6.41. The van der Waals surface area contributed by atoms with Gasteiger partial charge < -0.3 is 9.64 Å². The second-order valence-corrected chi connectivity index (χ2v) is 7.36. The van der Waals surface area contributed by atoms with E-state index in [1.165, 1.54) is 28.9 Å². The van der Waals surface area contributed by atoms with Crippen molar-refractivity contribution < 1.29 is 13.5 Å². The molecule has 0 unspecified atom stereocenters. The number of para-hydroxylation sites is 1. The Morgan fingerprint density at radius 1 is 1.08 bits per heavy atom. The molecule has 0 saturated heterocycles. The molecule has 0 atom stereocenters. The molecule has 1 aliphatic heterocycles. The van der Waals surface area contributed by atoms with E-state index >= 15 is 0 Å². The number of benzene rings is 2. The van der Waals surface area contributed by atoms with Crippen LogP contribution in [-0.2, 0) is 11.3 Å². The van der Waals surface area contributed by atoms with Gasteiger partial charge in [0, 0.05) is 29.1 Å². The van der Waals surface area contributed by atoms with Gasteiger partial charge in [0.05, 0.1) is 11.0 Å². The molecule has 2 aromatic carbocycles. The van der Waals surface area contributed by atoms with E-state index in [1.807, 2.05) is 19.1 Å². The van der Waals surface area contributed by atoms with E-state index in [1.54, 1.807) is 0 Å². The molecular weight excluding hydrogens is 400 g/mol. The van der Waals surface area contributed by atoms with Crippen molar-refractivity contribution in [1.82, 2.24) is 0 Å². The van der Waals surface area contributed by atoms with Crippen LogP contribution in [-0.4, -0.2) is 6.54 Å².